The van der Waals surface area contributed by atoms with Crippen LogP contribution in [-0.4, -0.2) is 97.0 Å². The average molecular weight is 534 g/mol. The fraction of sp³-hybridized carbons (Fsp3) is 0.667. The van der Waals surface area contributed by atoms with E-state index >= 15 is 0 Å². The molecule has 4 rings (SSSR count). The summed E-state index contributed by atoms with van der Waals surface area (Å²) in [6, 6.07) is 3.17. The molecule has 2 saturated heterocycles. The van der Waals surface area contributed by atoms with Gasteiger partial charge in [-0.2, -0.15) is 0 Å². The lowest BCUT2D eigenvalue weighted by atomic mass is 9.84. The summed E-state index contributed by atoms with van der Waals surface area (Å²) in [6.45, 7) is 6.45. The molecule has 3 aliphatic heterocycles. The molecule has 0 aromatic heterocycles. The van der Waals surface area contributed by atoms with Crippen molar-refractivity contribution in [1.29, 1.82) is 0 Å². The van der Waals surface area contributed by atoms with Gasteiger partial charge in [-0.3, -0.25) is 24.1 Å². The van der Waals surface area contributed by atoms with Crippen molar-refractivity contribution in [3.63, 3.8) is 0 Å². The molecule has 3 aliphatic rings. The van der Waals surface area contributed by atoms with E-state index in [4.69, 9.17) is 19.0 Å². The first-order chi connectivity index (χ1) is 18.4. The van der Waals surface area contributed by atoms with Gasteiger partial charge in [0.25, 0.3) is 5.91 Å². The van der Waals surface area contributed by atoms with Crippen molar-refractivity contribution in [2.75, 3.05) is 53.2 Å². The normalized spacial score (nSPS) is 22.8. The maximum atomic E-state index is 13.3. The summed E-state index contributed by atoms with van der Waals surface area (Å²) >= 11 is 0. The van der Waals surface area contributed by atoms with Crippen molar-refractivity contribution in [2.45, 2.75) is 57.9 Å². The molecule has 0 saturated carbocycles. The largest absolute Gasteiger partial charge is 0.493 e. The number of amides is 2. The minimum Gasteiger partial charge on any atom is -0.493 e. The van der Waals surface area contributed by atoms with Gasteiger partial charge in [0, 0.05) is 44.6 Å². The molecular weight excluding hydrogens is 494 g/mol. The third-order valence-electron chi connectivity index (χ3n) is 7.50. The zero-order valence-corrected chi connectivity index (χ0v) is 22.5. The van der Waals surface area contributed by atoms with Gasteiger partial charge in [-0.25, -0.2) is 5.06 Å². The Morgan fingerprint density at radius 2 is 2.03 bits per heavy atom. The number of fused-ring (bicyclic) bond motifs is 1. The molecule has 3 atom stereocenters. The van der Waals surface area contributed by atoms with Crippen LogP contribution in [0.15, 0.2) is 12.1 Å². The molecule has 0 bridgehead atoms. The standard InChI is InChI=1S/C27H39N3O8/c1-4-9-30(38-12-5-2)24(32)16-29-15-19(18-13-21(35-3)26-22(14-18)36-17-37-26)25(27(33)34)20(29)8-11-28-10-6-7-23(28)31/h13-14,19-20,25H,4-12,15-17H2,1-3H3,(H,33,34). The van der Waals surface area contributed by atoms with Gasteiger partial charge in [0.1, 0.15) is 0 Å². The molecule has 2 fully saturated rings. The summed E-state index contributed by atoms with van der Waals surface area (Å²) in [5, 5.41) is 11.8. The van der Waals surface area contributed by atoms with Crippen molar-refractivity contribution in [2.24, 2.45) is 5.92 Å². The van der Waals surface area contributed by atoms with Gasteiger partial charge in [0.15, 0.2) is 11.5 Å². The quantitative estimate of drug-likeness (QED) is 0.382. The number of benzene rings is 1. The van der Waals surface area contributed by atoms with E-state index in [1.165, 1.54) is 12.2 Å². The summed E-state index contributed by atoms with van der Waals surface area (Å²) in [6.07, 6.45) is 3.31. The van der Waals surface area contributed by atoms with Crippen LogP contribution in [0.4, 0.5) is 0 Å². The van der Waals surface area contributed by atoms with E-state index in [2.05, 4.69) is 0 Å². The lowest BCUT2D eigenvalue weighted by Gasteiger charge is -2.30. The number of carboxylic acid groups (broad SMARTS) is 1. The Balaban J connectivity index is 1.62. The topological polar surface area (TPSA) is 118 Å². The van der Waals surface area contributed by atoms with E-state index in [-0.39, 0.29) is 25.2 Å². The maximum Gasteiger partial charge on any atom is 0.308 e. The first-order valence-corrected chi connectivity index (χ1v) is 13.5. The van der Waals surface area contributed by atoms with E-state index < -0.39 is 23.8 Å². The number of carbonyl (C=O) groups excluding carboxylic acids is 2. The first kappa shape index (κ1) is 28.0. The van der Waals surface area contributed by atoms with Crippen LogP contribution in [0.3, 0.4) is 0 Å². The highest BCUT2D eigenvalue weighted by Crippen LogP contribution is 2.47. The first-order valence-electron chi connectivity index (χ1n) is 13.5. The van der Waals surface area contributed by atoms with E-state index in [0.717, 1.165) is 24.8 Å². The molecule has 0 spiro atoms. The van der Waals surface area contributed by atoms with Crippen molar-refractivity contribution in [3.8, 4) is 17.2 Å². The van der Waals surface area contributed by atoms with Crippen LogP contribution in [0.25, 0.3) is 0 Å². The molecule has 210 valence electrons. The maximum absolute atomic E-state index is 13.3. The number of hydroxylamine groups is 2. The molecular formula is C27H39N3O8. The Morgan fingerprint density at radius 1 is 1.21 bits per heavy atom. The van der Waals surface area contributed by atoms with Crippen LogP contribution >= 0.6 is 0 Å². The molecule has 3 unspecified atom stereocenters. The van der Waals surface area contributed by atoms with E-state index in [1.54, 1.807) is 11.0 Å². The molecule has 3 heterocycles. The summed E-state index contributed by atoms with van der Waals surface area (Å²) in [5.41, 5.74) is 0.753. The molecule has 0 radical (unpaired) electrons. The van der Waals surface area contributed by atoms with Gasteiger partial charge in [-0.15, -0.1) is 0 Å². The van der Waals surface area contributed by atoms with Gasteiger partial charge < -0.3 is 24.2 Å². The lowest BCUT2D eigenvalue weighted by Crippen LogP contribution is -2.45. The molecule has 38 heavy (non-hydrogen) atoms. The highest BCUT2D eigenvalue weighted by molar-refractivity contribution is 5.79. The second-order valence-electron chi connectivity index (χ2n) is 10.0. The van der Waals surface area contributed by atoms with E-state index in [1.807, 2.05) is 24.8 Å². The smallest absolute Gasteiger partial charge is 0.308 e. The summed E-state index contributed by atoms with van der Waals surface area (Å²) in [4.78, 5) is 47.8. The van der Waals surface area contributed by atoms with Crippen LogP contribution < -0.4 is 14.2 Å². The van der Waals surface area contributed by atoms with Gasteiger partial charge in [-0.1, -0.05) is 13.8 Å². The number of rotatable bonds is 13. The highest BCUT2D eigenvalue weighted by Gasteiger charge is 2.48. The van der Waals surface area contributed by atoms with Crippen molar-refractivity contribution in [3.05, 3.63) is 17.7 Å². The van der Waals surface area contributed by atoms with Crippen LogP contribution in [0.2, 0.25) is 0 Å². The number of hydrogen-bond donors (Lipinski definition) is 1. The van der Waals surface area contributed by atoms with Crippen molar-refractivity contribution in [1.82, 2.24) is 14.9 Å². The summed E-state index contributed by atoms with van der Waals surface area (Å²) in [5.74, 6) is -0.755. The predicted octanol–water partition coefficient (Wildman–Crippen LogP) is 2.49. The Labute approximate surface area is 223 Å². The van der Waals surface area contributed by atoms with Crippen LogP contribution in [0.1, 0.15) is 57.4 Å². The molecule has 1 N–H and O–H groups in total. The number of hydrogen-bond acceptors (Lipinski definition) is 8. The Kier molecular flexibility index (Phi) is 9.32. The van der Waals surface area contributed by atoms with Gasteiger partial charge in [-0.05, 0) is 43.4 Å². The zero-order chi connectivity index (χ0) is 27.2. The zero-order valence-electron chi connectivity index (χ0n) is 22.5. The van der Waals surface area contributed by atoms with Crippen molar-refractivity contribution < 1.29 is 38.5 Å². The number of methoxy groups -OCH3 is 1. The number of aliphatic carboxylic acids is 1. The number of likely N-dealkylation sites (tertiary alicyclic amines) is 2. The molecule has 11 nitrogen and oxygen atoms in total. The van der Waals surface area contributed by atoms with Crippen molar-refractivity contribution >= 4 is 17.8 Å². The van der Waals surface area contributed by atoms with Gasteiger partial charge >= 0.3 is 5.97 Å². The van der Waals surface area contributed by atoms with Crippen LogP contribution in [0, 0.1) is 5.92 Å². The van der Waals surface area contributed by atoms with Crippen LogP contribution in [0.5, 0.6) is 17.2 Å². The van der Waals surface area contributed by atoms with Gasteiger partial charge in [0.05, 0.1) is 26.2 Å². The number of ether oxygens (including phenoxy) is 3. The Hall–Kier alpha value is -3.05. The molecule has 1 aromatic rings. The fourth-order valence-corrected chi connectivity index (χ4v) is 5.70. The van der Waals surface area contributed by atoms with E-state index in [9.17, 15) is 19.5 Å². The second kappa shape index (κ2) is 12.7. The average Bonchev–Trinajstić information content (AvgIpc) is 3.63. The Bertz CT molecular complexity index is 1020. The van der Waals surface area contributed by atoms with Crippen LogP contribution in [-0.2, 0) is 19.2 Å². The second-order valence-corrected chi connectivity index (χ2v) is 10.0. The number of nitrogens with zero attached hydrogens (tertiary/aromatic N) is 3. The lowest BCUT2D eigenvalue weighted by molar-refractivity contribution is -0.188. The fourth-order valence-electron chi connectivity index (χ4n) is 5.70. The highest BCUT2D eigenvalue weighted by atomic mass is 16.7. The van der Waals surface area contributed by atoms with E-state index in [0.29, 0.717) is 62.9 Å². The molecule has 1 aromatic carbocycles. The minimum atomic E-state index is -0.938. The van der Waals surface area contributed by atoms with Gasteiger partial charge in [0.2, 0.25) is 18.4 Å². The molecule has 11 heteroatoms. The Morgan fingerprint density at radius 3 is 2.68 bits per heavy atom. The number of carboxylic acids is 1. The number of carbonyl (C=O) groups is 3. The summed E-state index contributed by atoms with van der Waals surface area (Å²) < 4.78 is 16.6. The monoisotopic (exact) mass is 533 g/mol. The molecule has 2 amide bonds. The third-order valence-corrected chi connectivity index (χ3v) is 7.50. The molecule has 0 aliphatic carbocycles. The minimum absolute atomic E-state index is 0.0320. The predicted molar refractivity (Wildman–Crippen MR) is 137 cm³/mol. The third kappa shape index (κ3) is 5.99. The SMILES string of the molecule is CCCON(CCC)C(=O)CN1CC(c2cc(OC)c3c(c2)OCO3)C(C(=O)O)C1CCN1CCCC1=O. The summed E-state index contributed by atoms with van der Waals surface area (Å²) in [7, 11) is 1.53.